The molecule has 0 aromatic heterocycles. The quantitative estimate of drug-likeness (QED) is 0.350. The fraction of sp³-hybridized carbons (Fsp3) is 0.720. The Morgan fingerprint density at radius 3 is 2.71 bits per heavy atom. The number of nitrogens with zero attached hydrogens (tertiary/aromatic N) is 3. The van der Waals surface area contributed by atoms with Crippen LogP contribution in [0.1, 0.15) is 51.0 Å². The molecule has 174 valence electrons. The van der Waals surface area contributed by atoms with Crippen LogP contribution < -0.4 is 5.32 Å². The second kappa shape index (κ2) is 13.7. The van der Waals surface area contributed by atoms with Gasteiger partial charge >= 0.3 is 0 Å². The predicted octanol–water partition coefficient (Wildman–Crippen LogP) is 3.52. The maximum atomic E-state index is 6.17. The molecule has 0 aliphatic carbocycles. The fourth-order valence-electron chi connectivity index (χ4n) is 4.34. The van der Waals surface area contributed by atoms with Gasteiger partial charge in [-0.25, -0.2) is 0 Å². The van der Waals surface area contributed by atoms with E-state index in [9.17, 15) is 0 Å². The lowest BCUT2D eigenvalue weighted by molar-refractivity contribution is -0.0721. The minimum absolute atomic E-state index is 0.311. The van der Waals surface area contributed by atoms with E-state index in [0.717, 1.165) is 84.1 Å². The molecular weight excluding hydrogens is 388 g/mol. The van der Waals surface area contributed by atoms with E-state index in [1.165, 1.54) is 18.4 Å². The molecule has 0 bridgehead atoms. The molecule has 6 heteroatoms. The van der Waals surface area contributed by atoms with Gasteiger partial charge < -0.3 is 24.6 Å². The second-order valence-corrected chi connectivity index (χ2v) is 8.82. The molecule has 0 amide bonds. The Labute approximate surface area is 189 Å². The summed E-state index contributed by atoms with van der Waals surface area (Å²) in [5, 5.41) is 3.48. The fourth-order valence-corrected chi connectivity index (χ4v) is 4.34. The summed E-state index contributed by atoms with van der Waals surface area (Å²) >= 11 is 0. The first kappa shape index (κ1) is 24.0. The third kappa shape index (κ3) is 8.79. The van der Waals surface area contributed by atoms with Crippen molar-refractivity contribution >= 4 is 5.96 Å². The normalized spacial score (nSPS) is 20.9. The van der Waals surface area contributed by atoms with E-state index in [1.807, 2.05) is 0 Å². The molecule has 1 unspecified atom stereocenters. The molecule has 1 aromatic rings. The SMILES string of the molecule is CCNC(=NCCCN(C)Cc1ccccc1)N1CCC(OCC2CCCCO2)CC1. The molecule has 2 fully saturated rings. The molecule has 2 aliphatic heterocycles. The number of ether oxygens (including phenoxy) is 2. The summed E-state index contributed by atoms with van der Waals surface area (Å²) in [6.07, 6.45) is 7.49. The van der Waals surface area contributed by atoms with E-state index in [2.05, 4.69) is 59.4 Å². The number of hydrogen-bond donors (Lipinski definition) is 1. The van der Waals surface area contributed by atoms with Crippen LogP contribution in [0.3, 0.4) is 0 Å². The average molecular weight is 431 g/mol. The number of benzene rings is 1. The molecular formula is C25H42N4O2. The van der Waals surface area contributed by atoms with Crippen molar-refractivity contribution in [3.05, 3.63) is 35.9 Å². The standard InChI is InChI=1S/C25H42N4O2/c1-3-26-25(27-15-9-16-28(2)20-22-10-5-4-6-11-22)29-17-13-23(14-18-29)31-21-24-12-7-8-19-30-24/h4-6,10-11,23-24H,3,7-9,12-21H2,1-2H3,(H,26,27). The van der Waals surface area contributed by atoms with Crippen LogP contribution in [0.15, 0.2) is 35.3 Å². The molecule has 0 radical (unpaired) electrons. The number of likely N-dealkylation sites (tertiary alicyclic amines) is 1. The molecule has 0 spiro atoms. The Hall–Kier alpha value is -1.63. The number of guanidine groups is 1. The molecule has 1 aromatic carbocycles. The first-order valence-electron chi connectivity index (χ1n) is 12.2. The van der Waals surface area contributed by atoms with Crippen molar-refractivity contribution in [2.24, 2.45) is 4.99 Å². The highest BCUT2D eigenvalue weighted by molar-refractivity contribution is 5.80. The average Bonchev–Trinajstić information content (AvgIpc) is 2.81. The zero-order valence-electron chi connectivity index (χ0n) is 19.6. The minimum atomic E-state index is 0.311. The van der Waals surface area contributed by atoms with Crippen LogP contribution in [-0.2, 0) is 16.0 Å². The van der Waals surface area contributed by atoms with Crippen LogP contribution in [0.4, 0.5) is 0 Å². The van der Waals surface area contributed by atoms with Crippen LogP contribution in [0.5, 0.6) is 0 Å². The van der Waals surface area contributed by atoms with Gasteiger partial charge in [0.1, 0.15) is 0 Å². The largest absolute Gasteiger partial charge is 0.376 e. The zero-order chi connectivity index (χ0) is 21.7. The highest BCUT2D eigenvalue weighted by atomic mass is 16.5. The summed E-state index contributed by atoms with van der Waals surface area (Å²) in [4.78, 5) is 9.67. The van der Waals surface area contributed by atoms with Gasteiger partial charge in [-0.1, -0.05) is 30.3 Å². The summed E-state index contributed by atoms with van der Waals surface area (Å²) in [5.41, 5.74) is 1.36. The number of rotatable bonds is 10. The Morgan fingerprint density at radius 1 is 1.19 bits per heavy atom. The summed E-state index contributed by atoms with van der Waals surface area (Å²) in [5.74, 6) is 1.06. The lowest BCUT2D eigenvalue weighted by atomic mass is 10.1. The highest BCUT2D eigenvalue weighted by Gasteiger charge is 2.23. The maximum Gasteiger partial charge on any atom is 0.193 e. The second-order valence-electron chi connectivity index (χ2n) is 8.82. The molecule has 2 heterocycles. The van der Waals surface area contributed by atoms with Gasteiger partial charge in [0.05, 0.1) is 18.8 Å². The van der Waals surface area contributed by atoms with Crippen molar-refractivity contribution in [1.29, 1.82) is 0 Å². The maximum absolute atomic E-state index is 6.17. The van der Waals surface area contributed by atoms with Gasteiger partial charge in [0, 0.05) is 39.3 Å². The van der Waals surface area contributed by atoms with Crippen molar-refractivity contribution < 1.29 is 9.47 Å². The third-order valence-corrected chi connectivity index (χ3v) is 6.12. The highest BCUT2D eigenvalue weighted by Crippen LogP contribution is 2.18. The lowest BCUT2D eigenvalue weighted by Gasteiger charge is -2.35. The van der Waals surface area contributed by atoms with Gasteiger partial charge in [-0.05, 0) is 64.6 Å². The van der Waals surface area contributed by atoms with Crippen molar-refractivity contribution in [3.8, 4) is 0 Å². The Kier molecular flexibility index (Phi) is 10.6. The van der Waals surface area contributed by atoms with E-state index in [1.54, 1.807) is 0 Å². The van der Waals surface area contributed by atoms with E-state index >= 15 is 0 Å². The monoisotopic (exact) mass is 430 g/mol. The Bertz CT molecular complexity index is 626. The van der Waals surface area contributed by atoms with Crippen LogP contribution >= 0.6 is 0 Å². The first-order chi connectivity index (χ1) is 15.2. The van der Waals surface area contributed by atoms with Gasteiger partial charge in [-0.3, -0.25) is 4.99 Å². The third-order valence-electron chi connectivity index (χ3n) is 6.12. The van der Waals surface area contributed by atoms with Crippen molar-refractivity contribution in [3.63, 3.8) is 0 Å². The summed E-state index contributed by atoms with van der Waals surface area (Å²) in [6.45, 7) is 9.63. The van der Waals surface area contributed by atoms with Gasteiger partial charge in [0.2, 0.25) is 0 Å². The van der Waals surface area contributed by atoms with Crippen LogP contribution in [0, 0.1) is 0 Å². The summed E-state index contributed by atoms with van der Waals surface area (Å²) in [7, 11) is 2.19. The van der Waals surface area contributed by atoms with Crippen molar-refractivity contribution in [2.45, 2.75) is 64.2 Å². The first-order valence-corrected chi connectivity index (χ1v) is 12.2. The molecule has 2 saturated heterocycles. The van der Waals surface area contributed by atoms with Gasteiger partial charge in [-0.2, -0.15) is 0 Å². The number of aliphatic imine (C=N–C) groups is 1. The van der Waals surface area contributed by atoms with Crippen LogP contribution in [0.2, 0.25) is 0 Å². The van der Waals surface area contributed by atoms with Gasteiger partial charge in [-0.15, -0.1) is 0 Å². The molecule has 0 saturated carbocycles. The molecule has 2 aliphatic rings. The van der Waals surface area contributed by atoms with Crippen LogP contribution in [-0.4, -0.2) is 81.0 Å². The van der Waals surface area contributed by atoms with Crippen molar-refractivity contribution in [2.75, 3.05) is 53.0 Å². The molecule has 1 N–H and O–H groups in total. The molecule has 3 rings (SSSR count). The van der Waals surface area contributed by atoms with Gasteiger partial charge in [0.15, 0.2) is 5.96 Å². The van der Waals surface area contributed by atoms with Crippen LogP contribution in [0.25, 0.3) is 0 Å². The zero-order valence-corrected chi connectivity index (χ0v) is 19.6. The van der Waals surface area contributed by atoms with E-state index in [-0.39, 0.29) is 0 Å². The lowest BCUT2D eigenvalue weighted by Crippen LogP contribution is -2.47. The minimum Gasteiger partial charge on any atom is -0.376 e. The molecule has 6 nitrogen and oxygen atoms in total. The topological polar surface area (TPSA) is 49.3 Å². The smallest absolute Gasteiger partial charge is 0.193 e. The summed E-state index contributed by atoms with van der Waals surface area (Å²) < 4.78 is 12.0. The molecule has 1 atom stereocenters. The Morgan fingerprint density at radius 2 is 2.00 bits per heavy atom. The number of piperidine rings is 1. The van der Waals surface area contributed by atoms with E-state index in [0.29, 0.717) is 12.2 Å². The van der Waals surface area contributed by atoms with Gasteiger partial charge in [0.25, 0.3) is 0 Å². The molecule has 31 heavy (non-hydrogen) atoms. The van der Waals surface area contributed by atoms with E-state index < -0.39 is 0 Å². The number of hydrogen-bond acceptors (Lipinski definition) is 4. The predicted molar refractivity (Wildman–Crippen MR) is 128 cm³/mol. The Balaban J connectivity index is 1.35. The van der Waals surface area contributed by atoms with E-state index in [4.69, 9.17) is 14.5 Å². The summed E-state index contributed by atoms with van der Waals surface area (Å²) in [6, 6.07) is 10.7. The van der Waals surface area contributed by atoms with Crippen molar-refractivity contribution in [1.82, 2.24) is 15.1 Å². The number of nitrogens with one attached hydrogen (secondary N) is 1.